The Labute approximate surface area is 237 Å². The predicted octanol–water partition coefficient (Wildman–Crippen LogP) is 7.41. The van der Waals surface area contributed by atoms with Gasteiger partial charge < -0.3 is 4.74 Å². The summed E-state index contributed by atoms with van der Waals surface area (Å²) in [5, 5.41) is 4.94. The van der Waals surface area contributed by atoms with Gasteiger partial charge in [-0.1, -0.05) is 84.4 Å². The van der Waals surface area contributed by atoms with E-state index in [1.54, 1.807) is 6.21 Å². The van der Waals surface area contributed by atoms with Gasteiger partial charge in [-0.25, -0.2) is 5.43 Å². The molecule has 0 saturated carbocycles. The van der Waals surface area contributed by atoms with Crippen molar-refractivity contribution >= 4 is 68.9 Å². The summed E-state index contributed by atoms with van der Waals surface area (Å²) in [6.07, 6.45) is 1.65. The van der Waals surface area contributed by atoms with E-state index in [1.165, 1.54) is 0 Å². The van der Waals surface area contributed by atoms with Crippen LogP contribution in [0.4, 0.5) is 0 Å². The second kappa shape index (κ2) is 12.5. The van der Waals surface area contributed by atoms with Crippen LogP contribution in [0.1, 0.15) is 28.2 Å². The van der Waals surface area contributed by atoms with E-state index in [0.717, 1.165) is 35.1 Å². The van der Waals surface area contributed by atoms with Crippen molar-refractivity contribution in [3.8, 4) is 5.75 Å². The van der Waals surface area contributed by atoms with E-state index in [-0.39, 0.29) is 5.91 Å². The van der Waals surface area contributed by atoms with Crippen LogP contribution >= 0.6 is 56.8 Å². The van der Waals surface area contributed by atoms with Gasteiger partial charge in [0, 0.05) is 5.02 Å². The summed E-state index contributed by atoms with van der Waals surface area (Å²) in [4.78, 5) is 13.1. The first-order valence-corrected chi connectivity index (χ1v) is 13.3. The summed E-state index contributed by atoms with van der Waals surface area (Å²) < 4.78 is 7.97. The Kier molecular flexibility index (Phi) is 9.17. The number of ether oxygens (including phenoxy) is 1. The summed E-state index contributed by atoms with van der Waals surface area (Å²) in [5.41, 5.74) is 6.46. The van der Waals surface area contributed by atoms with E-state index in [1.807, 2.05) is 97.1 Å². The van der Waals surface area contributed by atoms with E-state index < -0.39 is 5.92 Å². The molecule has 0 spiro atoms. The minimum atomic E-state index is -0.446. The molecule has 1 amide bonds. The van der Waals surface area contributed by atoms with Gasteiger partial charge in [-0.2, -0.15) is 5.10 Å². The van der Waals surface area contributed by atoms with Crippen molar-refractivity contribution in [1.29, 1.82) is 0 Å². The maximum atomic E-state index is 13.1. The number of hydrogen-bond donors (Lipinski definition) is 1. The maximum Gasteiger partial charge on any atom is 0.252 e. The number of nitrogens with one attached hydrogen (secondary N) is 1. The summed E-state index contributed by atoms with van der Waals surface area (Å²) in [7, 11) is 0. The van der Waals surface area contributed by atoms with E-state index in [0.29, 0.717) is 11.6 Å². The number of benzene rings is 4. The fraction of sp³-hybridized carbons (Fsp3) is 0.0714. The molecule has 0 fully saturated rings. The van der Waals surface area contributed by atoms with Crippen LogP contribution in [0.2, 0.25) is 5.02 Å². The third-order valence-electron chi connectivity index (χ3n) is 5.23. The number of carbonyl (C=O) groups is 1. The maximum absolute atomic E-state index is 13.1. The van der Waals surface area contributed by atoms with Gasteiger partial charge in [0.05, 0.1) is 19.3 Å². The summed E-state index contributed by atoms with van der Waals surface area (Å²) in [6.45, 7) is 0.451. The van der Waals surface area contributed by atoms with E-state index in [9.17, 15) is 4.79 Å². The Morgan fingerprint density at radius 2 is 1.43 bits per heavy atom. The molecule has 4 aromatic carbocycles. The number of halogens is 3. The first-order valence-electron chi connectivity index (χ1n) is 10.8. The molecule has 0 atom stereocenters. The highest BCUT2D eigenvalue weighted by molar-refractivity contribution is 14.1. The van der Waals surface area contributed by atoms with Crippen LogP contribution in [0.3, 0.4) is 0 Å². The molecule has 4 nitrogen and oxygen atoms in total. The topological polar surface area (TPSA) is 50.7 Å². The second-order valence-electron chi connectivity index (χ2n) is 7.72. The Balaban J connectivity index is 1.45. The lowest BCUT2D eigenvalue weighted by Gasteiger charge is -2.16. The Hall–Kier alpha value is -2.43. The molecule has 1 N–H and O–H groups in total. The average Bonchev–Trinajstić information content (AvgIpc) is 2.86. The molecule has 0 unspecified atom stereocenters. The molecule has 35 heavy (non-hydrogen) atoms. The third-order valence-corrected chi connectivity index (χ3v) is 7.09. The lowest BCUT2D eigenvalue weighted by atomic mass is 9.91. The first-order chi connectivity index (χ1) is 17.0. The molecule has 7 heteroatoms. The van der Waals surface area contributed by atoms with Crippen molar-refractivity contribution in [1.82, 2.24) is 5.43 Å². The molecule has 0 aliphatic rings. The van der Waals surface area contributed by atoms with Gasteiger partial charge in [0.15, 0.2) is 0 Å². The van der Waals surface area contributed by atoms with Gasteiger partial charge in [0.2, 0.25) is 0 Å². The SMILES string of the molecule is O=C(N/N=C/c1cc(I)c(OCc2ccc(Cl)cc2)c(I)c1)C(c1ccccc1)c1ccccc1. The summed E-state index contributed by atoms with van der Waals surface area (Å²) >= 11 is 10.5. The zero-order chi connectivity index (χ0) is 24.6. The smallest absolute Gasteiger partial charge is 0.252 e. The first kappa shape index (κ1) is 25.7. The fourth-order valence-electron chi connectivity index (χ4n) is 3.55. The third kappa shape index (κ3) is 7.05. The Morgan fingerprint density at radius 3 is 1.97 bits per heavy atom. The lowest BCUT2D eigenvalue weighted by Crippen LogP contribution is -2.26. The van der Waals surface area contributed by atoms with Gasteiger partial charge >= 0.3 is 0 Å². The zero-order valence-electron chi connectivity index (χ0n) is 18.5. The van der Waals surface area contributed by atoms with Crippen LogP contribution in [0.25, 0.3) is 0 Å². The molecule has 0 saturated heterocycles. The van der Waals surface area contributed by atoms with Crippen LogP contribution in [0, 0.1) is 7.14 Å². The second-order valence-corrected chi connectivity index (χ2v) is 10.5. The molecule has 0 heterocycles. The lowest BCUT2D eigenvalue weighted by molar-refractivity contribution is -0.121. The molecule has 176 valence electrons. The quantitative estimate of drug-likeness (QED) is 0.118. The minimum absolute atomic E-state index is 0.189. The van der Waals surface area contributed by atoms with Crippen LogP contribution in [-0.2, 0) is 11.4 Å². The van der Waals surface area contributed by atoms with Crippen molar-refractivity contribution in [3.05, 3.63) is 131 Å². The van der Waals surface area contributed by atoms with Crippen LogP contribution in [0.15, 0.2) is 102 Å². The minimum Gasteiger partial charge on any atom is -0.487 e. The fourth-order valence-corrected chi connectivity index (χ4v) is 5.80. The van der Waals surface area contributed by atoms with Gasteiger partial charge in [-0.15, -0.1) is 0 Å². The van der Waals surface area contributed by atoms with Gasteiger partial charge in [0.1, 0.15) is 12.4 Å². The van der Waals surface area contributed by atoms with Crippen molar-refractivity contribution in [3.63, 3.8) is 0 Å². The molecule has 0 bridgehead atoms. The van der Waals surface area contributed by atoms with Crippen LogP contribution in [-0.4, -0.2) is 12.1 Å². The molecule has 4 rings (SSSR count). The highest BCUT2D eigenvalue weighted by atomic mass is 127. The molecular formula is C28H21ClI2N2O2. The van der Waals surface area contributed by atoms with Gasteiger partial charge in [-0.05, 0) is 91.7 Å². The van der Waals surface area contributed by atoms with E-state index in [4.69, 9.17) is 16.3 Å². The number of rotatable bonds is 8. The van der Waals surface area contributed by atoms with Crippen molar-refractivity contribution in [2.24, 2.45) is 5.10 Å². The highest BCUT2D eigenvalue weighted by Gasteiger charge is 2.22. The number of hydrogen-bond acceptors (Lipinski definition) is 3. The Bertz CT molecular complexity index is 1250. The normalized spacial score (nSPS) is 11.1. The van der Waals surface area contributed by atoms with Gasteiger partial charge in [0.25, 0.3) is 5.91 Å². The largest absolute Gasteiger partial charge is 0.487 e. The number of carbonyl (C=O) groups excluding carboxylic acids is 1. The van der Waals surface area contributed by atoms with Crippen LogP contribution in [0.5, 0.6) is 5.75 Å². The predicted molar refractivity (Wildman–Crippen MR) is 158 cm³/mol. The zero-order valence-corrected chi connectivity index (χ0v) is 23.6. The van der Waals surface area contributed by atoms with Crippen molar-refractivity contribution < 1.29 is 9.53 Å². The van der Waals surface area contributed by atoms with Crippen molar-refractivity contribution in [2.75, 3.05) is 0 Å². The number of nitrogens with zero attached hydrogens (tertiary/aromatic N) is 1. The molecule has 0 aliphatic carbocycles. The number of hydrazone groups is 1. The summed E-state index contributed by atoms with van der Waals surface area (Å²) in [6, 6.07) is 31.0. The van der Waals surface area contributed by atoms with E-state index >= 15 is 0 Å². The summed E-state index contributed by atoms with van der Waals surface area (Å²) in [5.74, 6) is 0.181. The monoisotopic (exact) mass is 706 g/mol. The van der Waals surface area contributed by atoms with E-state index in [2.05, 4.69) is 55.7 Å². The molecular weight excluding hydrogens is 686 g/mol. The molecule has 0 aliphatic heterocycles. The average molecular weight is 707 g/mol. The Morgan fingerprint density at radius 1 is 0.886 bits per heavy atom. The van der Waals surface area contributed by atoms with Crippen molar-refractivity contribution in [2.45, 2.75) is 12.5 Å². The highest BCUT2D eigenvalue weighted by Crippen LogP contribution is 2.29. The van der Waals surface area contributed by atoms with Gasteiger partial charge in [-0.3, -0.25) is 4.79 Å². The van der Waals surface area contributed by atoms with Crippen LogP contribution < -0.4 is 10.2 Å². The standard InChI is InChI=1S/C28H21ClI2N2O2/c29-23-13-11-19(12-14-23)18-35-27-24(30)15-20(16-25(27)31)17-32-33-28(34)26(21-7-3-1-4-8-21)22-9-5-2-6-10-22/h1-17,26H,18H2,(H,33,34)/b32-17+. The molecule has 0 aromatic heterocycles. The molecule has 0 radical (unpaired) electrons. The number of amides is 1. The molecule has 4 aromatic rings.